The number of hydrogen-bond acceptors (Lipinski definition) is 7. The second kappa shape index (κ2) is 7.56. The highest BCUT2D eigenvalue weighted by Gasteiger charge is 2.41. The zero-order valence-corrected chi connectivity index (χ0v) is 16.3. The summed E-state index contributed by atoms with van der Waals surface area (Å²) in [4.78, 5) is 21.0. The number of benzene rings is 1. The van der Waals surface area contributed by atoms with E-state index in [0.29, 0.717) is 10.8 Å². The quantitative estimate of drug-likeness (QED) is 0.630. The van der Waals surface area contributed by atoms with E-state index >= 15 is 0 Å². The number of carbonyl (C=O) groups excluding carboxylic acids is 1. The van der Waals surface area contributed by atoms with Crippen LogP contribution in [0.25, 0.3) is 0 Å². The van der Waals surface area contributed by atoms with Gasteiger partial charge in [-0.2, -0.15) is 0 Å². The lowest BCUT2D eigenvalue weighted by molar-refractivity contribution is 0.0373. The third-order valence-corrected chi connectivity index (χ3v) is 5.76. The Balaban J connectivity index is 1.28. The molecular weight excluding hydrogens is 381 g/mol. The summed E-state index contributed by atoms with van der Waals surface area (Å²) in [6, 6.07) is 4.68. The SMILES string of the molecule is CC1(NC(=O)OC2CC(c3cnc(Nc4ccc(SN)cc4F)nc3)C2)CC1. The van der Waals surface area contributed by atoms with Crippen molar-refractivity contribution in [3.63, 3.8) is 0 Å². The van der Waals surface area contributed by atoms with E-state index in [4.69, 9.17) is 9.88 Å². The standard InChI is InChI=1S/C19H22FN5O2S/c1-19(4-5-19)25-18(26)27-13-6-11(7-13)12-9-22-17(23-10-12)24-16-3-2-14(28-21)8-15(16)20/h2-3,8-11,13H,4-7,21H2,1H3,(H,25,26)(H,22,23,24). The van der Waals surface area contributed by atoms with Gasteiger partial charge in [0, 0.05) is 22.8 Å². The number of nitrogens with two attached hydrogens (primary N) is 1. The molecule has 2 aliphatic carbocycles. The minimum absolute atomic E-state index is 0.0696. The summed E-state index contributed by atoms with van der Waals surface area (Å²) in [5.41, 5.74) is 1.20. The molecule has 2 fully saturated rings. The third-order valence-electron chi connectivity index (χ3n) is 5.24. The van der Waals surface area contributed by atoms with Crippen LogP contribution in [0.15, 0.2) is 35.5 Å². The minimum atomic E-state index is -0.416. The van der Waals surface area contributed by atoms with Gasteiger partial charge in [0.1, 0.15) is 11.9 Å². The number of aromatic nitrogens is 2. The fourth-order valence-electron chi connectivity index (χ4n) is 3.08. The highest BCUT2D eigenvalue weighted by Crippen LogP contribution is 2.39. The molecule has 1 amide bonds. The summed E-state index contributed by atoms with van der Waals surface area (Å²) >= 11 is 0.987. The average Bonchev–Trinajstić information content (AvgIpc) is 3.37. The molecule has 4 rings (SSSR count). The van der Waals surface area contributed by atoms with Crippen molar-refractivity contribution < 1.29 is 13.9 Å². The number of anilines is 2. The molecule has 2 aliphatic rings. The monoisotopic (exact) mass is 403 g/mol. The summed E-state index contributed by atoms with van der Waals surface area (Å²) < 4.78 is 19.4. The molecule has 0 aliphatic heterocycles. The van der Waals surface area contributed by atoms with Gasteiger partial charge in [-0.3, -0.25) is 5.14 Å². The fraction of sp³-hybridized carbons (Fsp3) is 0.421. The number of halogens is 1. The number of amides is 1. The van der Waals surface area contributed by atoms with Gasteiger partial charge in [-0.1, -0.05) is 0 Å². The Kier molecular flexibility index (Phi) is 5.11. The van der Waals surface area contributed by atoms with Crippen LogP contribution in [0, 0.1) is 5.82 Å². The first kappa shape index (κ1) is 18.9. The van der Waals surface area contributed by atoms with Crippen molar-refractivity contribution in [3.8, 4) is 0 Å². The molecule has 0 atom stereocenters. The first-order chi connectivity index (χ1) is 13.4. The van der Waals surface area contributed by atoms with Gasteiger partial charge in [0.2, 0.25) is 5.95 Å². The van der Waals surface area contributed by atoms with Crippen LogP contribution in [-0.2, 0) is 4.74 Å². The minimum Gasteiger partial charge on any atom is -0.446 e. The molecular formula is C19H22FN5O2S. The highest BCUT2D eigenvalue weighted by molar-refractivity contribution is 7.97. The van der Waals surface area contributed by atoms with E-state index in [1.165, 1.54) is 6.07 Å². The Morgan fingerprint density at radius 3 is 2.64 bits per heavy atom. The highest BCUT2D eigenvalue weighted by atomic mass is 32.2. The van der Waals surface area contributed by atoms with Crippen molar-refractivity contribution in [2.24, 2.45) is 5.14 Å². The second-order valence-corrected chi connectivity index (χ2v) is 8.31. The van der Waals surface area contributed by atoms with E-state index < -0.39 is 5.82 Å². The van der Waals surface area contributed by atoms with E-state index in [2.05, 4.69) is 20.6 Å². The summed E-state index contributed by atoms with van der Waals surface area (Å²) in [5, 5.41) is 11.2. The van der Waals surface area contributed by atoms with E-state index in [1.54, 1.807) is 24.5 Å². The number of carbonyl (C=O) groups is 1. The van der Waals surface area contributed by atoms with E-state index in [-0.39, 0.29) is 29.3 Å². The summed E-state index contributed by atoms with van der Waals surface area (Å²) in [5.74, 6) is 0.168. The third kappa shape index (κ3) is 4.36. The Hall–Kier alpha value is -2.39. The molecule has 0 unspecified atom stereocenters. The van der Waals surface area contributed by atoms with Crippen LogP contribution in [0.4, 0.5) is 20.8 Å². The summed E-state index contributed by atoms with van der Waals surface area (Å²) in [7, 11) is 0. The predicted octanol–water partition coefficient (Wildman–Crippen LogP) is 3.85. The summed E-state index contributed by atoms with van der Waals surface area (Å²) in [6.07, 6.45) is 6.58. The van der Waals surface area contributed by atoms with Crippen molar-refractivity contribution >= 4 is 29.7 Å². The van der Waals surface area contributed by atoms with Crippen molar-refractivity contribution in [1.82, 2.24) is 15.3 Å². The maximum Gasteiger partial charge on any atom is 0.407 e. The van der Waals surface area contributed by atoms with Crippen molar-refractivity contribution in [3.05, 3.63) is 42.0 Å². The van der Waals surface area contributed by atoms with E-state index in [9.17, 15) is 9.18 Å². The molecule has 2 aromatic rings. The van der Waals surface area contributed by atoms with E-state index in [1.807, 2.05) is 6.92 Å². The number of alkyl carbamates (subject to hydrolysis) is 1. The molecule has 7 nitrogen and oxygen atoms in total. The zero-order valence-electron chi connectivity index (χ0n) is 15.4. The number of nitrogens with one attached hydrogen (secondary N) is 2. The van der Waals surface area contributed by atoms with Gasteiger partial charge in [0.05, 0.1) is 5.69 Å². The lowest BCUT2D eigenvalue weighted by Gasteiger charge is -2.34. The van der Waals surface area contributed by atoms with Crippen LogP contribution in [-0.4, -0.2) is 27.7 Å². The zero-order chi connectivity index (χ0) is 19.7. The Morgan fingerprint density at radius 2 is 2.04 bits per heavy atom. The molecule has 1 aromatic heterocycles. The fourth-order valence-corrected chi connectivity index (χ4v) is 3.40. The molecule has 28 heavy (non-hydrogen) atoms. The molecule has 0 spiro atoms. The Morgan fingerprint density at radius 1 is 1.32 bits per heavy atom. The van der Waals surface area contributed by atoms with Gasteiger partial charge in [0.25, 0.3) is 0 Å². The van der Waals surface area contributed by atoms with Crippen molar-refractivity contribution in [1.29, 1.82) is 0 Å². The van der Waals surface area contributed by atoms with Crippen LogP contribution in [0.1, 0.15) is 44.1 Å². The van der Waals surface area contributed by atoms with Crippen molar-refractivity contribution in [2.45, 2.75) is 55.1 Å². The average molecular weight is 403 g/mol. The summed E-state index contributed by atoms with van der Waals surface area (Å²) in [6.45, 7) is 2.02. The lowest BCUT2D eigenvalue weighted by atomic mass is 9.78. The normalized spacial score (nSPS) is 22.1. The molecule has 0 radical (unpaired) electrons. The number of hydrogen-bond donors (Lipinski definition) is 3. The van der Waals surface area contributed by atoms with Crippen LogP contribution < -0.4 is 15.8 Å². The largest absolute Gasteiger partial charge is 0.446 e. The molecule has 1 heterocycles. The number of nitrogens with zero attached hydrogens (tertiary/aromatic N) is 2. The van der Waals surface area contributed by atoms with Gasteiger partial charge in [-0.25, -0.2) is 19.2 Å². The maximum atomic E-state index is 14.0. The number of rotatable bonds is 6. The first-order valence-corrected chi connectivity index (χ1v) is 10.1. The molecule has 2 saturated carbocycles. The van der Waals surface area contributed by atoms with Gasteiger partial charge in [-0.05, 0) is 74.2 Å². The Bertz CT molecular complexity index is 869. The van der Waals surface area contributed by atoms with Gasteiger partial charge in [0.15, 0.2) is 0 Å². The predicted molar refractivity (Wildman–Crippen MR) is 105 cm³/mol. The smallest absolute Gasteiger partial charge is 0.407 e. The maximum absolute atomic E-state index is 14.0. The molecule has 4 N–H and O–H groups in total. The van der Waals surface area contributed by atoms with Crippen molar-refractivity contribution in [2.75, 3.05) is 5.32 Å². The van der Waals surface area contributed by atoms with Crippen LogP contribution in [0.2, 0.25) is 0 Å². The van der Waals surface area contributed by atoms with Gasteiger partial charge >= 0.3 is 6.09 Å². The molecule has 148 valence electrons. The van der Waals surface area contributed by atoms with Crippen LogP contribution >= 0.6 is 11.9 Å². The molecule has 1 aromatic carbocycles. The van der Waals surface area contributed by atoms with Gasteiger partial charge < -0.3 is 15.4 Å². The topological polar surface area (TPSA) is 102 Å². The van der Waals surface area contributed by atoms with Crippen LogP contribution in [0.3, 0.4) is 0 Å². The van der Waals surface area contributed by atoms with E-state index in [0.717, 1.165) is 43.2 Å². The Labute approximate surface area is 166 Å². The molecule has 9 heteroatoms. The van der Waals surface area contributed by atoms with Crippen LogP contribution in [0.5, 0.6) is 0 Å². The second-order valence-electron chi connectivity index (χ2n) is 7.61. The molecule has 0 saturated heterocycles. The molecule has 0 bridgehead atoms. The first-order valence-electron chi connectivity index (χ1n) is 9.18. The number of ether oxygens (including phenoxy) is 1. The van der Waals surface area contributed by atoms with Gasteiger partial charge in [-0.15, -0.1) is 0 Å². The lowest BCUT2D eigenvalue weighted by Crippen LogP contribution is -2.40.